The molecule has 2 N–H and O–H groups in total. The number of amides is 4. The van der Waals surface area contributed by atoms with Gasteiger partial charge in [0.25, 0.3) is 0 Å². The van der Waals surface area contributed by atoms with Gasteiger partial charge in [-0.1, -0.05) is 24.3 Å². The van der Waals surface area contributed by atoms with Crippen LogP contribution < -0.4 is 16.4 Å². The first-order valence-corrected chi connectivity index (χ1v) is 9.06. The first-order chi connectivity index (χ1) is 14.0. The summed E-state index contributed by atoms with van der Waals surface area (Å²) in [5.41, 5.74) is 2.49. The van der Waals surface area contributed by atoms with Crippen LogP contribution in [0.3, 0.4) is 0 Å². The van der Waals surface area contributed by atoms with Crippen molar-refractivity contribution >= 4 is 34.6 Å². The number of fused-ring (bicyclic) bond motifs is 1. The van der Waals surface area contributed by atoms with Crippen molar-refractivity contribution in [1.29, 1.82) is 0 Å². The molecular weight excluding hydrogens is 376 g/mol. The molecular formula is C20H18N4O5. The van der Waals surface area contributed by atoms with Crippen LogP contribution >= 0.6 is 0 Å². The van der Waals surface area contributed by atoms with Crippen molar-refractivity contribution in [2.45, 2.75) is 19.5 Å². The van der Waals surface area contributed by atoms with E-state index in [9.17, 15) is 19.2 Å². The number of anilines is 1. The zero-order chi connectivity index (χ0) is 20.4. The van der Waals surface area contributed by atoms with Gasteiger partial charge in [0, 0.05) is 18.7 Å². The molecule has 0 unspecified atom stereocenters. The molecule has 2 aromatic carbocycles. The fourth-order valence-electron chi connectivity index (χ4n) is 3.15. The number of hydrogen-bond donors (Lipinski definition) is 2. The van der Waals surface area contributed by atoms with Crippen LogP contribution in [0.4, 0.5) is 10.5 Å². The van der Waals surface area contributed by atoms with Gasteiger partial charge < -0.3 is 15.1 Å². The van der Waals surface area contributed by atoms with Crippen LogP contribution in [-0.4, -0.2) is 33.9 Å². The molecule has 3 aromatic rings. The summed E-state index contributed by atoms with van der Waals surface area (Å²) in [6.07, 6.45) is 0.105. The molecule has 1 saturated heterocycles. The lowest BCUT2D eigenvalue weighted by molar-refractivity contribution is -0.125. The van der Waals surface area contributed by atoms with E-state index in [4.69, 9.17) is 4.42 Å². The number of nitrogens with one attached hydrogen (secondary N) is 2. The molecule has 0 aliphatic carbocycles. The Hall–Kier alpha value is -3.88. The molecule has 4 rings (SSSR count). The second kappa shape index (κ2) is 7.63. The second-order valence-corrected chi connectivity index (χ2v) is 6.62. The first-order valence-electron chi connectivity index (χ1n) is 9.06. The van der Waals surface area contributed by atoms with Crippen molar-refractivity contribution in [2.24, 2.45) is 0 Å². The summed E-state index contributed by atoms with van der Waals surface area (Å²) in [7, 11) is 0. The molecule has 1 aliphatic rings. The van der Waals surface area contributed by atoms with Crippen LogP contribution in [-0.2, 0) is 22.7 Å². The van der Waals surface area contributed by atoms with E-state index < -0.39 is 11.8 Å². The molecule has 0 saturated carbocycles. The number of hydrogen-bond acceptors (Lipinski definition) is 5. The summed E-state index contributed by atoms with van der Waals surface area (Å²) in [6, 6.07) is 13.5. The summed E-state index contributed by atoms with van der Waals surface area (Å²) < 4.78 is 6.58. The highest BCUT2D eigenvalue weighted by Crippen LogP contribution is 2.15. The van der Waals surface area contributed by atoms with Crippen molar-refractivity contribution in [3.05, 3.63) is 64.6 Å². The third-order valence-corrected chi connectivity index (χ3v) is 4.65. The molecule has 1 fully saturated rings. The van der Waals surface area contributed by atoms with Gasteiger partial charge in [0.2, 0.25) is 11.8 Å². The number of aryl methyl sites for hydroxylation is 1. The molecule has 9 nitrogen and oxygen atoms in total. The first kappa shape index (κ1) is 18.5. The fourth-order valence-corrected chi connectivity index (χ4v) is 3.15. The van der Waals surface area contributed by atoms with Crippen molar-refractivity contribution in [3.8, 4) is 0 Å². The van der Waals surface area contributed by atoms with Crippen LogP contribution in [0.1, 0.15) is 12.0 Å². The van der Waals surface area contributed by atoms with Gasteiger partial charge in [-0.25, -0.2) is 9.59 Å². The minimum absolute atomic E-state index is 0.0159. The standard InChI is InChI=1S/C20H18N4O5/c25-17(9-10-23-15-3-1-2-4-16(15)29-20(23)28)22-14-7-5-13(6-8-14)12-24-18(26)11-21-19(24)27/h1-8H,9-12H2,(H,21,27)(H,22,25). The number of para-hydroxylation sites is 2. The number of imide groups is 1. The lowest BCUT2D eigenvalue weighted by atomic mass is 10.2. The van der Waals surface area contributed by atoms with Crippen molar-refractivity contribution in [1.82, 2.24) is 14.8 Å². The predicted molar refractivity (Wildman–Crippen MR) is 104 cm³/mol. The monoisotopic (exact) mass is 394 g/mol. The Balaban J connectivity index is 1.35. The Morgan fingerprint density at radius 3 is 2.55 bits per heavy atom. The topological polar surface area (TPSA) is 114 Å². The normalized spacial score (nSPS) is 13.7. The summed E-state index contributed by atoms with van der Waals surface area (Å²) >= 11 is 0. The summed E-state index contributed by atoms with van der Waals surface area (Å²) in [5, 5.41) is 5.23. The van der Waals surface area contributed by atoms with Crippen LogP contribution in [0, 0.1) is 0 Å². The average molecular weight is 394 g/mol. The molecule has 1 aromatic heterocycles. The third-order valence-electron chi connectivity index (χ3n) is 4.65. The smallest absolute Gasteiger partial charge is 0.408 e. The quantitative estimate of drug-likeness (QED) is 0.618. The van der Waals surface area contributed by atoms with E-state index in [0.29, 0.717) is 16.8 Å². The van der Waals surface area contributed by atoms with E-state index in [2.05, 4.69) is 10.6 Å². The summed E-state index contributed by atoms with van der Waals surface area (Å²) in [6.45, 7) is 0.392. The lowest BCUT2D eigenvalue weighted by Crippen LogP contribution is -2.30. The zero-order valence-electron chi connectivity index (χ0n) is 15.4. The molecule has 29 heavy (non-hydrogen) atoms. The van der Waals surface area contributed by atoms with Crippen molar-refractivity contribution in [3.63, 3.8) is 0 Å². The summed E-state index contributed by atoms with van der Waals surface area (Å²) in [5.74, 6) is -1.01. The van der Waals surface area contributed by atoms with Gasteiger partial charge in [0.1, 0.15) is 0 Å². The minimum atomic E-state index is -0.496. The van der Waals surface area contributed by atoms with E-state index in [0.717, 1.165) is 10.5 Å². The van der Waals surface area contributed by atoms with Gasteiger partial charge in [0.15, 0.2) is 5.58 Å². The molecule has 148 valence electrons. The van der Waals surface area contributed by atoms with Crippen molar-refractivity contribution in [2.75, 3.05) is 11.9 Å². The van der Waals surface area contributed by atoms with Crippen LogP contribution in [0.25, 0.3) is 11.1 Å². The Bertz CT molecular complexity index is 1130. The maximum Gasteiger partial charge on any atom is 0.419 e. The number of carbonyl (C=O) groups is 3. The van der Waals surface area contributed by atoms with Gasteiger partial charge in [0.05, 0.1) is 18.6 Å². The van der Waals surface area contributed by atoms with Gasteiger partial charge in [-0.05, 0) is 29.8 Å². The van der Waals surface area contributed by atoms with Gasteiger partial charge in [-0.2, -0.15) is 0 Å². The maximum absolute atomic E-state index is 12.2. The fraction of sp³-hybridized carbons (Fsp3) is 0.200. The highest BCUT2D eigenvalue weighted by atomic mass is 16.4. The van der Waals surface area contributed by atoms with E-state index in [1.165, 1.54) is 4.57 Å². The van der Waals surface area contributed by atoms with Crippen LogP contribution in [0.15, 0.2) is 57.7 Å². The number of oxazole rings is 1. The number of rotatable bonds is 6. The molecule has 2 heterocycles. The third kappa shape index (κ3) is 3.88. The molecule has 9 heteroatoms. The van der Waals surface area contributed by atoms with Gasteiger partial charge in [-0.3, -0.25) is 19.1 Å². The molecule has 1 aliphatic heterocycles. The Morgan fingerprint density at radius 2 is 1.83 bits per heavy atom. The van der Waals surface area contributed by atoms with Gasteiger partial charge in [-0.15, -0.1) is 0 Å². The molecule has 0 atom stereocenters. The zero-order valence-corrected chi connectivity index (χ0v) is 15.4. The number of benzene rings is 2. The molecule has 0 spiro atoms. The number of aromatic nitrogens is 1. The average Bonchev–Trinajstić information content (AvgIpc) is 3.20. The van der Waals surface area contributed by atoms with E-state index >= 15 is 0 Å². The van der Waals surface area contributed by atoms with Gasteiger partial charge >= 0.3 is 11.8 Å². The Kier molecular flexibility index (Phi) is 4.86. The molecule has 0 radical (unpaired) electrons. The summed E-state index contributed by atoms with van der Waals surface area (Å²) in [4.78, 5) is 48.5. The minimum Gasteiger partial charge on any atom is -0.408 e. The highest BCUT2D eigenvalue weighted by Gasteiger charge is 2.28. The molecule has 4 amide bonds. The Labute approximate surface area is 164 Å². The van der Waals surface area contributed by atoms with E-state index in [1.54, 1.807) is 48.5 Å². The highest BCUT2D eigenvalue weighted by molar-refractivity contribution is 6.01. The molecule has 0 bridgehead atoms. The SMILES string of the molecule is O=C(CCn1c(=O)oc2ccccc21)Nc1ccc(CN2C(=O)CNC2=O)cc1. The van der Waals surface area contributed by atoms with Crippen molar-refractivity contribution < 1.29 is 18.8 Å². The lowest BCUT2D eigenvalue weighted by Gasteiger charge is -2.13. The van der Waals surface area contributed by atoms with Crippen LogP contribution in [0.5, 0.6) is 0 Å². The largest absolute Gasteiger partial charge is 0.419 e. The predicted octanol–water partition coefficient (Wildman–Crippen LogP) is 1.68. The van der Waals surface area contributed by atoms with E-state index in [1.807, 2.05) is 0 Å². The van der Waals surface area contributed by atoms with E-state index in [-0.39, 0.29) is 37.9 Å². The maximum atomic E-state index is 12.2. The second-order valence-electron chi connectivity index (χ2n) is 6.62. The number of carbonyl (C=O) groups excluding carboxylic acids is 3. The van der Waals surface area contributed by atoms with Crippen LogP contribution in [0.2, 0.25) is 0 Å². The Morgan fingerprint density at radius 1 is 1.07 bits per heavy atom. The number of urea groups is 1. The number of nitrogens with zero attached hydrogens (tertiary/aromatic N) is 2.